The van der Waals surface area contributed by atoms with E-state index in [1.165, 1.54) is 12.3 Å². The van der Waals surface area contributed by atoms with Gasteiger partial charge in [0.2, 0.25) is 0 Å². The summed E-state index contributed by atoms with van der Waals surface area (Å²) in [6.07, 6.45) is 1.43. The van der Waals surface area contributed by atoms with Crippen molar-refractivity contribution >= 4 is 28.9 Å². The minimum Gasteiger partial charge on any atom is -0.497 e. The Bertz CT molecular complexity index is 599. The van der Waals surface area contributed by atoms with E-state index >= 15 is 0 Å². The average molecular weight is 279 g/mol. The van der Waals surface area contributed by atoms with Gasteiger partial charge in [-0.3, -0.25) is 0 Å². The summed E-state index contributed by atoms with van der Waals surface area (Å²) in [6, 6.07) is 8.24. The van der Waals surface area contributed by atoms with Crippen LogP contribution in [0.3, 0.4) is 0 Å². The van der Waals surface area contributed by atoms with Gasteiger partial charge < -0.3 is 15.2 Å². The van der Waals surface area contributed by atoms with Crippen molar-refractivity contribution in [1.82, 2.24) is 4.98 Å². The van der Waals surface area contributed by atoms with Crippen molar-refractivity contribution in [3.63, 3.8) is 0 Å². The van der Waals surface area contributed by atoms with Gasteiger partial charge in [0.25, 0.3) is 0 Å². The number of carboxylic acids is 1. The molecule has 19 heavy (non-hydrogen) atoms. The van der Waals surface area contributed by atoms with Crippen molar-refractivity contribution < 1.29 is 14.6 Å². The topological polar surface area (TPSA) is 71.5 Å². The standard InChI is InChI=1S/C13H11ClN2O3/c1-19-9-3-4-10(14)12(6-9)16-8-2-5-11(13(17)18)15-7-8/h2-7,16H,1H3,(H,17,18). The second-order valence-corrected chi connectivity index (χ2v) is 4.12. The summed E-state index contributed by atoms with van der Waals surface area (Å²) in [6.45, 7) is 0. The lowest BCUT2D eigenvalue weighted by Crippen LogP contribution is -2.00. The van der Waals surface area contributed by atoms with E-state index in [9.17, 15) is 4.79 Å². The first kappa shape index (κ1) is 13.2. The molecule has 0 fully saturated rings. The molecular weight excluding hydrogens is 268 g/mol. The molecule has 0 aliphatic rings. The van der Waals surface area contributed by atoms with Crippen molar-refractivity contribution in [2.75, 3.05) is 12.4 Å². The van der Waals surface area contributed by atoms with E-state index in [2.05, 4.69) is 10.3 Å². The van der Waals surface area contributed by atoms with Crippen LogP contribution in [0.25, 0.3) is 0 Å². The molecule has 2 aromatic rings. The summed E-state index contributed by atoms with van der Waals surface area (Å²) < 4.78 is 5.11. The van der Waals surface area contributed by atoms with Crippen LogP contribution >= 0.6 is 11.6 Å². The summed E-state index contributed by atoms with van der Waals surface area (Å²) in [5.74, 6) is -0.395. The smallest absolute Gasteiger partial charge is 0.354 e. The summed E-state index contributed by atoms with van der Waals surface area (Å²) >= 11 is 6.05. The van der Waals surface area contributed by atoms with Gasteiger partial charge in [0, 0.05) is 6.07 Å². The summed E-state index contributed by atoms with van der Waals surface area (Å²) in [5.41, 5.74) is 1.29. The Labute approximate surface area is 114 Å². The van der Waals surface area contributed by atoms with Crippen LogP contribution in [0.5, 0.6) is 5.75 Å². The normalized spacial score (nSPS) is 10.0. The van der Waals surface area contributed by atoms with Gasteiger partial charge in [-0.05, 0) is 24.3 Å². The first-order valence-corrected chi connectivity index (χ1v) is 5.78. The largest absolute Gasteiger partial charge is 0.497 e. The highest BCUT2D eigenvalue weighted by Gasteiger charge is 2.06. The number of halogens is 1. The zero-order valence-corrected chi connectivity index (χ0v) is 10.8. The van der Waals surface area contributed by atoms with Gasteiger partial charge in [0.05, 0.1) is 29.7 Å². The highest BCUT2D eigenvalue weighted by Crippen LogP contribution is 2.29. The molecule has 0 aliphatic carbocycles. The Hall–Kier alpha value is -2.27. The number of anilines is 2. The van der Waals surface area contributed by atoms with Crippen LogP contribution in [0.1, 0.15) is 10.5 Å². The molecule has 5 nitrogen and oxygen atoms in total. The maximum atomic E-state index is 10.7. The number of aromatic nitrogens is 1. The average Bonchev–Trinajstić information content (AvgIpc) is 2.42. The van der Waals surface area contributed by atoms with Gasteiger partial charge in [0.1, 0.15) is 11.4 Å². The zero-order valence-electron chi connectivity index (χ0n) is 10.1. The third-order valence-electron chi connectivity index (χ3n) is 2.44. The first-order chi connectivity index (χ1) is 9.10. The first-order valence-electron chi connectivity index (χ1n) is 5.40. The minimum atomic E-state index is -1.06. The number of rotatable bonds is 4. The minimum absolute atomic E-state index is 0.0118. The molecule has 0 bridgehead atoms. The molecule has 98 valence electrons. The van der Waals surface area contributed by atoms with Crippen LogP contribution in [-0.2, 0) is 0 Å². The zero-order chi connectivity index (χ0) is 13.8. The number of hydrogen-bond donors (Lipinski definition) is 2. The Kier molecular flexibility index (Phi) is 3.87. The molecule has 1 heterocycles. The summed E-state index contributed by atoms with van der Waals surface area (Å²) in [5, 5.41) is 12.3. The number of nitrogens with zero attached hydrogens (tertiary/aromatic N) is 1. The fraction of sp³-hybridized carbons (Fsp3) is 0.0769. The van der Waals surface area contributed by atoms with Crippen LogP contribution in [0.2, 0.25) is 5.02 Å². The molecule has 1 aromatic carbocycles. The second-order valence-electron chi connectivity index (χ2n) is 3.71. The van der Waals surface area contributed by atoms with Crippen LogP contribution in [0.4, 0.5) is 11.4 Å². The molecule has 0 saturated heterocycles. The number of carbonyl (C=O) groups is 1. The number of carboxylic acid groups (broad SMARTS) is 1. The molecule has 2 N–H and O–H groups in total. The van der Waals surface area contributed by atoms with Gasteiger partial charge in [-0.25, -0.2) is 9.78 Å². The number of aromatic carboxylic acids is 1. The Morgan fingerprint density at radius 3 is 2.74 bits per heavy atom. The van der Waals surface area contributed by atoms with E-state index in [1.807, 2.05) is 0 Å². The van der Waals surface area contributed by atoms with Crippen LogP contribution in [0.15, 0.2) is 36.5 Å². The Morgan fingerprint density at radius 1 is 1.37 bits per heavy atom. The highest BCUT2D eigenvalue weighted by molar-refractivity contribution is 6.33. The Balaban J connectivity index is 2.23. The molecule has 0 radical (unpaired) electrons. The predicted octanol–water partition coefficient (Wildman–Crippen LogP) is 3.19. The van der Waals surface area contributed by atoms with E-state index in [0.717, 1.165) is 0 Å². The lowest BCUT2D eigenvalue weighted by atomic mass is 10.2. The van der Waals surface area contributed by atoms with Crippen LogP contribution in [-0.4, -0.2) is 23.2 Å². The lowest BCUT2D eigenvalue weighted by molar-refractivity contribution is 0.0690. The van der Waals surface area contributed by atoms with Gasteiger partial charge in [-0.1, -0.05) is 11.6 Å². The molecule has 0 amide bonds. The van der Waals surface area contributed by atoms with Crippen molar-refractivity contribution in [3.8, 4) is 5.75 Å². The third kappa shape index (κ3) is 3.14. The molecule has 0 aliphatic heterocycles. The fourth-order valence-corrected chi connectivity index (χ4v) is 1.64. The van der Waals surface area contributed by atoms with E-state index in [0.29, 0.717) is 22.1 Å². The monoisotopic (exact) mass is 278 g/mol. The van der Waals surface area contributed by atoms with Gasteiger partial charge in [0.15, 0.2) is 0 Å². The van der Waals surface area contributed by atoms with E-state index in [-0.39, 0.29) is 5.69 Å². The number of benzene rings is 1. The van der Waals surface area contributed by atoms with Crippen LogP contribution in [0, 0.1) is 0 Å². The molecule has 0 unspecified atom stereocenters. The molecular formula is C13H11ClN2O3. The second kappa shape index (κ2) is 5.58. The fourth-order valence-electron chi connectivity index (χ4n) is 1.48. The van der Waals surface area contributed by atoms with E-state index in [4.69, 9.17) is 21.4 Å². The van der Waals surface area contributed by atoms with Gasteiger partial charge >= 0.3 is 5.97 Å². The van der Waals surface area contributed by atoms with Gasteiger partial charge in [-0.2, -0.15) is 0 Å². The predicted molar refractivity (Wildman–Crippen MR) is 72.5 cm³/mol. The molecule has 0 atom stereocenters. The molecule has 6 heteroatoms. The van der Waals surface area contributed by atoms with E-state index < -0.39 is 5.97 Å². The number of ether oxygens (including phenoxy) is 1. The summed E-state index contributed by atoms with van der Waals surface area (Å²) in [7, 11) is 1.57. The lowest BCUT2D eigenvalue weighted by Gasteiger charge is -2.09. The third-order valence-corrected chi connectivity index (χ3v) is 2.76. The van der Waals surface area contributed by atoms with Gasteiger partial charge in [-0.15, -0.1) is 0 Å². The van der Waals surface area contributed by atoms with Crippen molar-refractivity contribution in [2.45, 2.75) is 0 Å². The number of pyridine rings is 1. The Morgan fingerprint density at radius 2 is 2.16 bits per heavy atom. The molecule has 1 aromatic heterocycles. The number of hydrogen-bond acceptors (Lipinski definition) is 4. The molecule has 0 saturated carbocycles. The van der Waals surface area contributed by atoms with Crippen LogP contribution < -0.4 is 10.1 Å². The highest BCUT2D eigenvalue weighted by atomic mass is 35.5. The molecule has 0 spiro atoms. The SMILES string of the molecule is COc1ccc(Cl)c(Nc2ccc(C(=O)O)nc2)c1. The molecule has 2 rings (SSSR count). The number of nitrogens with one attached hydrogen (secondary N) is 1. The maximum Gasteiger partial charge on any atom is 0.354 e. The van der Waals surface area contributed by atoms with Crippen molar-refractivity contribution in [1.29, 1.82) is 0 Å². The van der Waals surface area contributed by atoms with Crippen molar-refractivity contribution in [3.05, 3.63) is 47.2 Å². The summed E-state index contributed by atoms with van der Waals surface area (Å²) in [4.78, 5) is 14.5. The number of methoxy groups -OCH3 is 1. The maximum absolute atomic E-state index is 10.7. The van der Waals surface area contributed by atoms with Crippen molar-refractivity contribution in [2.24, 2.45) is 0 Å². The van der Waals surface area contributed by atoms with E-state index in [1.54, 1.807) is 31.4 Å². The quantitative estimate of drug-likeness (QED) is 0.899.